The summed E-state index contributed by atoms with van der Waals surface area (Å²) in [4.78, 5) is 24.4. The van der Waals surface area contributed by atoms with Crippen LogP contribution in [0.5, 0.6) is 17.2 Å². The van der Waals surface area contributed by atoms with Crippen molar-refractivity contribution in [3.8, 4) is 17.2 Å². The molecule has 2 aromatic rings. The zero-order valence-corrected chi connectivity index (χ0v) is 14.3. The first kappa shape index (κ1) is 18.1. The summed E-state index contributed by atoms with van der Waals surface area (Å²) >= 11 is 0. The third-order valence-corrected chi connectivity index (χ3v) is 3.44. The molecule has 0 aromatic heterocycles. The second-order valence-electron chi connectivity index (χ2n) is 5.00. The summed E-state index contributed by atoms with van der Waals surface area (Å²) in [6, 6.07) is 11.9. The Kier molecular flexibility index (Phi) is 6.22. The predicted octanol–water partition coefficient (Wildman–Crippen LogP) is 2.08. The molecule has 0 saturated carbocycles. The maximum Gasteiger partial charge on any atom is 0.259 e. The van der Waals surface area contributed by atoms with Gasteiger partial charge in [-0.25, -0.2) is 0 Å². The van der Waals surface area contributed by atoms with Gasteiger partial charge in [0.05, 0.1) is 27.9 Å². The Morgan fingerprint density at radius 3 is 2.00 bits per heavy atom. The molecule has 0 saturated heterocycles. The van der Waals surface area contributed by atoms with Crippen molar-refractivity contribution in [1.82, 2.24) is 5.32 Å². The summed E-state index contributed by atoms with van der Waals surface area (Å²) in [6.45, 7) is -0.188. The summed E-state index contributed by atoms with van der Waals surface area (Å²) in [5, 5.41) is 5.24. The van der Waals surface area contributed by atoms with Crippen LogP contribution in [-0.2, 0) is 4.79 Å². The molecule has 2 amide bonds. The highest BCUT2D eigenvalue weighted by Crippen LogP contribution is 2.27. The smallest absolute Gasteiger partial charge is 0.259 e. The van der Waals surface area contributed by atoms with Crippen molar-refractivity contribution in [3.63, 3.8) is 0 Å². The molecule has 2 rings (SSSR count). The Hall–Kier alpha value is -3.22. The van der Waals surface area contributed by atoms with Gasteiger partial charge in [0, 0.05) is 5.69 Å². The Labute approximate surface area is 145 Å². The molecule has 0 bridgehead atoms. The molecular weight excluding hydrogens is 324 g/mol. The Morgan fingerprint density at radius 1 is 0.880 bits per heavy atom. The molecule has 25 heavy (non-hydrogen) atoms. The molecule has 0 atom stereocenters. The van der Waals surface area contributed by atoms with Gasteiger partial charge in [0.15, 0.2) is 0 Å². The largest absolute Gasteiger partial charge is 0.497 e. The molecule has 0 aliphatic heterocycles. The molecule has 7 nitrogen and oxygen atoms in total. The van der Waals surface area contributed by atoms with E-state index in [0.717, 1.165) is 0 Å². The van der Waals surface area contributed by atoms with Gasteiger partial charge in [0.25, 0.3) is 5.91 Å². The van der Waals surface area contributed by atoms with E-state index in [-0.39, 0.29) is 18.0 Å². The van der Waals surface area contributed by atoms with Crippen LogP contribution in [0.3, 0.4) is 0 Å². The van der Waals surface area contributed by atoms with Crippen LogP contribution in [-0.4, -0.2) is 39.7 Å². The van der Waals surface area contributed by atoms with Crippen LogP contribution >= 0.6 is 0 Å². The highest BCUT2D eigenvalue weighted by Gasteiger charge is 2.18. The van der Waals surface area contributed by atoms with Crippen LogP contribution in [0.1, 0.15) is 10.4 Å². The van der Waals surface area contributed by atoms with Crippen molar-refractivity contribution in [2.24, 2.45) is 0 Å². The van der Waals surface area contributed by atoms with Gasteiger partial charge in [-0.15, -0.1) is 0 Å². The molecule has 2 N–H and O–H groups in total. The normalized spacial score (nSPS) is 9.88. The minimum atomic E-state index is -0.459. The van der Waals surface area contributed by atoms with Crippen molar-refractivity contribution < 1.29 is 23.8 Å². The van der Waals surface area contributed by atoms with Gasteiger partial charge in [-0.05, 0) is 36.4 Å². The van der Waals surface area contributed by atoms with Crippen molar-refractivity contribution >= 4 is 17.5 Å². The molecule has 0 unspecified atom stereocenters. The first-order valence-electron chi connectivity index (χ1n) is 7.52. The summed E-state index contributed by atoms with van der Waals surface area (Å²) < 4.78 is 15.4. The third kappa shape index (κ3) is 4.63. The van der Waals surface area contributed by atoms with Crippen molar-refractivity contribution in [1.29, 1.82) is 0 Å². The third-order valence-electron chi connectivity index (χ3n) is 3.44. The van der Waals surface area contributed by atoms with Crippen LogP contribution in [0.2, 0.25) is 0 Å². The lowest BCUT2D eigenvalue weighted by Crippen LogP contribution is -2.33. The van der Waals surface area contributed by atoms with Gasteiger partial charge in [0.1, 0.15) is 22.8 Å². The van der Waals surface area contributed by atoms with E-state index in [4.69, 9.17) is 14.2 Å². The summed E-state index contributed by atoms with van der Waals surface area (Å²) in [5.74, 6) is 0.612. The second-order valence-corrected chi connectivity index (χ2v) is 5.00. The number of hydrogen-bond acceptors (Lipinski definition) is 5. The first-order valence-corrected chi connectivity index (χ1v) is 7.52. The lowest BCUT2D eigenvalue weighted by atomic mass is 10.1. The van der Waals surface area contributed by atoms with Gasteiger partial charge in [-0.1, -0.05) is 6.07 Å². The standard InChI is InChI=1S/C18H20N2O5/c1-23-13-9-7-12(8-10-13)20-16(21)11-19-18(22)17-14(24-2)5-4-6-15(17)25-3/h4-10H,11H2,1-3H3,(H,19,22)(H,20,21). The van der Waals surface area contributed by atoms with Crippen molar-refractivity contribution in [3.05, 3.63) is 48.0 Å². The van der Waals surface area contributed by atoms with E-state index in [2.05, 4.69) is 10.6 Å². The topological polar surface area (TPSA) is 85.9 Å². The van der Waals surface area contributed by atoms with E-state index < -0.39 is 5.91 Å². The van der Waals surface area contributed by atoms with Crippen LogP contribution < -0.4 is 24.8 Å². The zero-order valence-electron chi connectivity index (χ0n) is 14.3. The number of amides is 2. The van der Waals surface area contributed by atoms with Crippen molar-refractivity contribution in [2.75, 3.05) is 33.2 Å². The Morgan fingerprint density at radius 2 is 1.48 bits per heavy atom. The number of carbonyl (C=O) groups excluding carboxylic acids is 2. The number of rotatable bonds is 7. The number of anilines is 1. The molecule has 0 radical (unpaired) electrons. The molecule has 0 fully saturated rings. The van der Waals surface area contributed by atoms with Gasteiger partial charge >= 0.3 is 0 Å². The maximum absolute atomic E-state index is 12.4. The number of nitrogens with one attached hydrogen (secondary N) is 2. The molecule has 0 spiro atoms. The number of carbonyl (C=O) groups is 2. The van der Waals surface area contributed by atoms with Crippen LogP contribution in [0.4, 0.5) is 5.69 Å². The number of ether oxygens (including phenoxy) is 3. The van der Waals surface area contributed by atoms with Crippen LogP contribution in [0.15, 0.2) is 42.5 Å². The molecule has 0 aliphatic carbocycles. The molecule has 2 aromatic carbocycles. The lowest BCUT2D eigenvalue weighted by Gasteiger charge is -2.13. The number of methoxy groups -OCH3 is 3. The quantitative estimate of drug-likeness (QED) is 0.803. The summed E-state index contributed by atoms with van der Waals surface area (Å²) in [7, 11) is 4.49. The fourth-order valence-corrected chi connectivity index (χ4v) is 2.20. The minimum absolute atomic E-state index is 0.188. The number of hydrogen-bond donors (Lipinski definition) is 2. The first-order chi connectivity index (χ1) is 12.1. The summed E-state index contributed by atoms with van der Waals surface area (Å²) in [5.41, 5.74) is 0.847. The van der Waals surface area contributed by atoms with Gasteiger partial charge < -0.3 is 24.8 Å². The SMILES string of the molecule is COc1ccc(NC(=O)CNC(=O)c2c(OC)cccc2OC)cc1. The Balaban J connectivity index is 1.98. The average molecular weight is 344 g/mol. The summed E-state index contributed by atoms with van der Waals surface area (Å²) in [6.07, 6.45) is 0. The number of benzene rings is 2. The van der Waals surface area contributed by atoms with Gasteiger partial charge in [0.2, 0.25) is 5.91 Å². The van der Waals surface area contributed by atoms with E-state index in [0.29, 0.717) is 22.9 Å². The lowest BCUT2D eigenvalue weighted by molar-refractivity contribution is -0.115. The van der Waals surface area contributed by atoms with Crippen LogP contribution in [0, 0.1) is 0 Å². The van der Waals surface area contributed by atoms with Gasteiger partial charge in [-0.2, -0.15) is 0 Å². The van der Waals surface area contributed by atoms with Crippen molar-refractivity contribution in [2.45, 2.75) is 0 Å². The van der Waals surface area contributed by atoms with E-state index >= 15 is 0 Å². The van der Waals surface area contributed by atoms with E-state index in [1.165, 1.54) is 14.2 Å². The predicted molar refractivity (Wildman–Crippen MR) is 93.5 cm³/mol. The maximum atomic E-state index is 12.4. The molecule has 0 heterocycles. The monoisotopic (exact) mass is 344 g/mol. The average Bonchev–Trinajstić information content (AvgIpc) is 2.65. The van der Waals surface area contributed by atoms with Gasteiger partial charge in [-0.3, -0.25) is 9.59 Å². The van der Waals surface area contributed by atoms with Crippen LogP contribution in [0.25, 0.3) is 0 Å². The zero-order chi connectivity index (χ0) is 18.2. The fourth-order valence-electron chi connectivity index (χ4n) is 2.20. The second kappa shape index (κ2) is 8.58. The Bertz CT molecular complexity index is 721. The highest BCUT2D eigenvalue weighted by atomic mass is 16.5. The fraction of sp³-hybridized carbons (Fsp3) is 0.222. The molecule has 7 heteroatoms. The molecular formula is C18H20N2O5. The highest BCUT2D eigenvalue weighted by molar-refractivity contribution is 6.02. The van der Waals surface area contributed by atoms with E-state index in [1.807, 2.05) is 0 Å². The molecule has 0 aliphatic rings. The van der Waals surface area contributed by atoms with E-state index in [1.54, 1.807) is 49.6 Å². The van der Waals surface area contributed by atoms with E-state index in [9.17, 15) is 9.59 Å². The molecule has 132 valence electrons. The minimum Gasteiger partial charge on any atom is -0.497 e.